The van der Waals surface area contributed by atoms with Gasteiger partial charge in [0.25, 0.3) is 5.91 Å². The first-order valence-electron chi connectivity index (χ1n) is 3.52. The molecule has 7 nitrogen and oxygen atoms in total. The lowest BCUT2D eigenvalue weighted by Crippen LogP contribution is -2.32. The molecular formula is C6H10N6O. The number of nitrogens with zero attached hydrogens (tertiary/aromatic N) is 4. The van der Waals surface area contributed by atoms with Gasteiger partial charge in [-0.15, -0.1) is 5.10 Å². The van der Waals surface area contributed by atoms with E-state index in [1.807, 2.05) is 0 Å². The van der Waals surface area contributed by atoms with Crippen LogP contribution in [0.3, 0.4) is 0 Å². The van der Waals surface area contributed by atoms with E-state index in [4.69, 9.17) is 5.73 Å². The molecule has 0 aromatic rings. The predicted molar refractivity (Wildman–Crippen MR) is 49.4 cm³/mol. The van der Waals surface area contributed by atoms with Crippen LogP contribution >= 0.6 is 0 Å². The predicted octanol–water partition coefficient (Wildman–Crippen LogP) is -1.67. The van der Waals surface area contributed by atoms with Gasteiger partial charge in [-0.25, -0.2) is 20.5 Å². The molecule has 0 fully saturated rings. The summed E-state index contributed by atoms with van der Waals surface area (Å²) in [5.41, 5.74) is 7.68. The van der Waals surface area contributed by atoms with Crippen LogP contribution in [0.5, 0.6) is 0 Å². The van der Waals surface area contributed by atoms with E-state index in [9.17, 15) is 4.79 Å². The fraction of sp³-hybridized carbons (Fsp3) is 0.333. The van der Waals surface area contributed by atoms with Crippen LogP contribution < -0.4 is 11.3 Å². The van der Waals surface area contributed by atoms with E-state index in [1.54, 1.807) is 19.1 Å². The van der Waals surface area contributed by atoms with Crippen LogP contribution in [0.25, 0.3) is 0 Å². The molecule has 70 valence electrons. The summed E-state index contributed by atoms with van der Waals surface area (Å²) in [5.74, 6) is -0.446. The molecule has 7 heteroatoms. The Hall–Kier alpha value is -1.76. The molecule has 0 aromatic carbocycles. The summed E-state index contributed by atoms with van der Waals surface area (Å²) < 4.78 is 0. The number of nitrogens with one attached hydrogen (secondary N) is 1. The Morgan fingerprint density at radius 1 is 1.69 bits per heavy atom. The number of amides is 1. The molecule has 13 heavy (non-hydrogen) atoms. The van der Waals surface area contributed by atoms with Crippen LogP contribution in [0, 0.1) is 0 Å². The topological polar surface area (TPSA) is 95.4 Å². The Morgan fingerprint density at radius 2 is 2.38 bits per heavy atom. The summed E-state index contributed by atoms with van der Waals surface area (Å²) in [6.07, 6.45) is 1.23. The number of amidine groups is 1. The maximum absolute atomic E-state index is 10.7. The van der Waals surface area contributed by atoms with Gasteiger partial charge >= 0.3 is 0 Å². The minimum absolute atomic E-state index is 0.0642. The highest BCUT2D eigenvalue weighted by Crippen LogP contribution is 1.93. The summed E-state index contributed by atoms with van der Waals surface area (Å²) in [4.78, 5) is 18.1. The normalized spacial score (nSPS) is 18.1. The number of carbonyl (C=O) groups is 1. The number of carbonyl (C=O) groups excluding carboxylic acids is 1. The Labute approximate surface area is 75.0 Å². The van der Waals surface area contributed by atoms with Gasteiger partial charge in [0.15, 0.2) is 5.71 Å². The Balaban J connectivity index is 2.71. The molecule has 0 spiro atoms. The average molecular weight is 182 g/mol. The maximum Gasteiger partial charge on any atom is 0.271 e. The number of aliphatic imine (C=N–C) groups is 2. The largest absolute Gasteiger partial charge is 0.364 e. The fourth-order valence-corrected chi connectivity index (χ4v) is 0.663. The molecule has 0 aromatic heterocycles. The van der Waals surface area contributed by atoms with Gasteiger partial charge in [-0.3, -0.25) is 4.79 Å². The van der Waals surface area contributed by atoms with Gasteiger partial charge < -0.3 is 5.73 Å². The Morgan fingerprint density at radius 3 is 2.92 bits per heavy atom. The molecule has 0 radical (unpaired) electrons. The number of rotatable bonds is 3. The van der Waals surface area contributed by atoms with Crippen molar-refractivity contribution in [2.24, 2.45) is 20.8 Å². The third kappa shape index (κ3) is 2.34. The van der Waals surface area contributed by atoms with Crippen LogP contribution in [-0.2, 0) is 4.79 Å². The van der Waals surface area contributed by atoms with Crippen molar-refractivity contribution in [1.29, 1.82) is 0 Å². The molecule has 0 aliphatic carbocycles. The van der Waals surface area contributed by atoms with Crippen LogP contribution in [-0.4, -0.2) is 42.9 Å². The lowest BCUT2D eigenvalue weighted by molar-refractivity contribution is -0.111. The molecular weight excluding hydrogens is 172 g/mol. The van der Waals surface area contributed by atoms with E-state index in [2.05, 4.69) is 20.6 Å². The van der Waals surface area contributed by atoms with Crippen molar-refractivity contribution in [1.82, 2.24) is 10.5 Å². The molecule has 0 atom stereocenters. The zero-order valence-electron chi connectivity index (χ0n) is 7.35. The van der Waals surface area contributed by atoms with Crippen LogP contribution in [0.1, 0.15) is 0 Å². The lowest BCUT2D eigenvalue weighted by atomic mass is 10.3. The second-order valence-electron chi connectivity index (χ2n) is 2.52. The fourth-order valence-electron chi connectivity index (χ4n) is 0.663. The van der Waals surface area contributed by atoms with E-state index in [0.29, 0.717) is 0 Å². The molecule has 3 N–H and O–H groups in total. The highest BCUT2D eigenvalue weighted by atomic mass is 16.1. The summed E-state index contributed by atoms with van der Waals surface area (Å²) in [5, 5.41) is 5.39. The first-order chi connectivity index (χ1) is 6.11. The van der Waals surface area contributed by atoms with E-state index in [-0.39, 0.29) is 11.5 Å². The third-order valence-electron chi connectivity index (χ3n) is 1.17. The van der Waals surface area contributed by atoms with Crippen LogP contribution in [0.15, 0.2) is 15.1 Å². The highest BCUT2D eigenvalue weighted by molar-refractivity contribution is 6.68. The van der Waals surface area contributed by atoms with E-state index in [1.165, 1.54) is 6.34 Å². The smallest absolute Gasteiger partial charge is 0.271 e. The molecule has 1 aliphatic heterocycles. The van der Waals surface area contributed by atoms with Gasteiger partial charge in [0, 0.05) is 14.1 Å². The number of hydrazone groups is 1. The second-order valence-corrected chi connectivity index (χ2v) is 2.52. The number of hydrazine groups is 1. The van der Waals surface area contributed by atoms with Crippen molar-refractivity contribution in [2.75, 3.05) is 14.1 Å². The minimum Gasteiger partial charge on any atom is -0.364 e. The molecule has 0 saturated heterocycles. The second kappa shape index (κ2) is 3.76. The summed E-state index contributed by atoms with van der Waals surface area (Å²) in [6, 6.07) is 0. The highest BCUT2D eigenvalue weighted by Gasteiger charge is 2.17. The van der Waals surface area contributed by atoms with Crippen LogP contribution in [0.4, 0.5) is 0 Å². The summed E-state index contributed by atoms with van der Waals surface area (Å²) >= 11 is 0. The average Bonchev–Trinajstić information content (AvgIpc) is 2.47. The summed E-state index contributed by atoms with van der Waals surface area (Å²) in [6.45, 7) is 0. The Bertz CT molecular complexity index is 302. The standard InChI is InChI=1S/C6H10N6O/c1-12(2)11-10-6-4(5(7)13)8-3-9-6/h3,11H,1-2H3,(H2,7,13). The molecule has 1 amide bonds. The quantitative estimate of drug-likeness (QED) is 0.511. The van der Waals surface area contributed by atoms with Crippen molar-refractivity contribution in [3.05, 3.63) is 0 Å². The van der Waals surface area contributed by atoms with Crippen molar-refractivity contribution in [2.45, 2.75) is 0 Å². The van der Waals surface area contributed by atoms with E-state index < -0.39 is 5.91 Å². The number of nitrogens with two attached hydrogens (primary N) is 1. The molecule has 0 bridgehead atoms. The molecule has 0 unspecified atom stereocenters. The molecule has 0 saturated carbocycles. The SMILES string of the molecule is CN(C)NN=C1N=CN=C1C(N)=O. The van der Waals surface area contributed by atoms with Crippen molar-refractivity contribution in [3.63, 3.8) is 0 Å². The minimum atomic E-state index is -0.642. The van der Waals surface area contributed by atoms with Crippen LogP contribution in [0.2, 0.25) is 0 Å². The maximum atomic E-state index is 10.7. The van der Waals surface area contributed by atoms with Gasteiger partial charge in [-0.05, 0) is 0 Å². The van der Waals surface area contributed by atoms with Gasteiger partial charge in [0.2, 0.25) is 5.84 Å². The van der Waals surface area contributed by atoms with Crippen molar-refractivity contribution >= 4 is 23.8 Å². The van der Waals surface area contributed by atoms with Gasteiger partial charge in [-0.1, -0.05) is 0 Å². The Kier molecular flexibility index (Phi) is 2.70. The first kappa shape index (κ1) is 9.33. The first-order valence-corrected chi connectivity index (χ1v) is 3.52. The molecule has 1 heterocycles. The zero-order chi connectivity index (χ0) is 9.84. The van der Waals surface area contributed by atoms with Crippen molar-refractivity contribution < 1.29 is 4.79 Å². The van der Waals surface area contributed by atoms with E-state index >= 15 is 0 Å². The third-order valence-corrected chi connectivity index (χ3v) is 1.17. The monoisotopic (exact) mass is 182 g/mol. The summed E-state index contributed by atoms with van der Waals surface area (Å²) in [7, 11) is 3.51. The zero-order valence-corrected chi connectivity index (χ0v) is 7.35. The van der Waals surface area contributed by atoms with Gasteiger partial charge in [0.05, 0.1) is 0 Å². The lowest BCUT2D eigenvalue weighted by Gasteiger charge is -2.07. The van der Waals surface area contributed by atoms with Gasteiger partial charge in [-0.2, -0.15) is 0 Å². The number of hydrogen-bond acceptors (Lipinski definition) is 5. The van der Waals surface area contributed by atoms with Crippen molar-refractivity contribution in [3.8, 4) is 0 Å². The number of hydrogen-bond donors (Lipinski definition) is 2. The number of primary amides is 1. The van der Waals surface area contributed by atoms with E-state index in [0.717, 1.165) is 0 Å². The molecule has 1 aliphatic rings. The van der Waals surface area contributed by atoms with Gasteiger partial charge in [0.1, 0.15) is 6.34 Å². The molecule has 1 rings (SSSR count).